The zero-order chi connectivity index (χ0) is 39.6. The summed E-state index contributed by atoms with van der Waals surface area (Å²) in [6.07, 6.45) is -1.70. The van der Waals surface area contributed by atoms with Crippen molar-refractivity contribution in [2.75, 3.05) is 13.2 Å². The second kappa shape index (κ2) is 18.6. The Morgan fingerprint density at radius 3 is 1.83 bits per heavy atom. The van der Waals surface area contributed by atoms with Crippen LogP contribution in [-0.4, -0.2) is 84.0 Å². The van der Waals surface area contributed by atoms with Gasteiger partial charge in [0.05, 0.1) is 6.61 Å². The molecule has 0 aliphatic heterocycles. The summed E-state index contributed by atoms with van der Waals surface area (Å²) in [5.41, 5.74) is 3.23. The van der Waals surface area contributed by atoms with Gasteiger partial charge in [-0.25, -0.2) is 19.2 Å². The number of hydroxylamine groups is 2. The van der Waals surface area contributed by atoms with Gasteiger partial charge in [0.25, 0.3) is 5.91 Å². The number of nitrogens with zero attached hydrogens (tertiary/aromatic N) is 1. The minimum atomic E-state index is -1.50. The van der Waals surface area contributed by atoms with Crippen LogP contribution in [0, 0.1) is 11.8 Å². The molecule has 3 rings (SSSR count). The fourth-order valence-electron chi connectivity index (χ4n) is 5.79. The van der Waals surface area contributed by atoms with E-state index in [-0.39, 0.29) is 37.4 Å². The molecular weight excluding hydrogens is 684 g/mol. The Labute approximate surface area is 311 Å². The first-order valence-electron chi connectivity index (χ1n) is 18.0. The Morgan fingerprint density at radius 2 is 1.32 bits per heavy atom. The van der Waals surface area contributed by atoms with Crippen molar-refractivity contribution in [2.24, 2.45) is 11.8 Å². The van der Waals surface area contributed by atoms with E-state index in [1.165, 1.54) is 13.8 Å². The first-order chi connectivity index (χ1) is 24.8. The average molecular weight is 739 g/mol. The monoisotopic (exact) mass is 738 g/mol. The molecule has 0 fully saturated rings. The minimum absolute atomic E-state index is 0.0179. The number of alkyl carbamates (subject to hydrolysis) is 2. The van der Waals surface area contributed by atoms with Gasteiger partial charge in [-0.3, -0.25) is 9.59 Å². The van der Waals surface area contributed by atoms with Crippen LogP contribution in [-0.2, 0) is 38.2 Å². The molecule has 0 heterocycles. The van der Waals surface area contributed by atoms with Gasteiger partial charge in [0.2, 0.25) is 5.91 Å². The molecule has 0 unspecified atom stereocenters. The van der Waals surface area contributed by atoms with Gasteiger partial charge in [-0.2, -0.15) is 5.06 Å². The van der Waals surface area contributed by atoms with Crippen LogP contribution < -0.4 is 16.0 Å². The molecule has 14 heteroatoms. The Bertz CT molecular complexity index is 1590. The third kappa shape index (κ3) is 11.7. The number of carbonyl (C=O) groups excluding carboxylic acids is 6. The zero-order valence-electron chi connectivity index (χ0n) is 32.3. The number of nitrogens with one attached hydrogen (secondary N) is 3. The summed E-state index contributed by atoms with van der Waals surface area (Å²) in [6.45, 7) is 16.4. The Balaban J connectivity index is 1.82. The van der Waals surface area contributed by atoms with Crippen molar-refractivity contribution in [3.05, 3.63) is 59.7 Å². The van der Waals surface area contributed by atoms with E-state index in [9.17, 15) is 28.8 Å². The summed E-state index contributed by atoms with van der Waals surface area (Å²) in [6, 6.07) is 10.5. The van der Waals surface area contributed by atoms with E-state index >= 15 is 0 Å². The van der Waals surface area contributed by atoms with Gasteiger partial charge >= 0.3 is 24.1 Å². The van der Waals surface area contributed by atoms with Crippen LogP contribution in [0.5, 0.6) is 0 Å². The van der Waals surface area contributed by atoms with Gasteiger partial charge in [0.1, 0.15) is 36.4 Å². The van der Waals surface area contributed by atoms with Crippen molar-refractivity contribution in [2.45, 2.75) is 111 Å². The molecule has 0 saturated heterocycles. The fraction of sp³-hybridized carbons (Fsp3) is 0.538. The van der Waals surface area contributed by atoms with Crippen LogP contribution in [0.25, 0.3) is 11.1 Å². The van der Waals surface area contributed by atoms with Crippen LogP contribution in [0.15, 0.2) is 48.5 Å². The maximum Gasteiger partial charge on any atom is 0.408 e. The highest BCUT2D eigenvalue weighted by Gasteiger charge is 2.38. The number of esters is 1. The molecule has 14 nitrogen and oxygen atoms in total. The third-order valence-corrected chi connectivity index (χ3v) is 8.37. The average Bonchev–Trinajstić information content (AvgIpc) is 3.39. The van der Waals surface area contributed by atoms with Crippen molar-refractivity contribution < 1.29 is 47.8 Å². The molecule has 2 aromatic carbocycles. The second-order valence-electron chi connectivity index (χ2n) is 14.8. The molecule has 0 spiro atoms. The lowest BCUT2D eigenvalue weighted by atomic mass is 9.98. The topological polar surface area (TPSA) is 179 Å². The maximum absolute atomic E-state index is 14.0. The molecule has 0 radical (unpaired) electrons. The van der Waals surface area contributed by atoms with E-state index in [0.29, 0.717) is 5.06 Å². The van der Waals surface area contributed by atoms with E-state index in [1.807, 2.05) is 62.4 Å². The first kappa shape index (κ1) is 42.3. The van der Waals surface area contributed by atoms with Crippen LogP contribution in [0.1, 0.15) is 92.7 Å². The van der Waals surface area contributed by atoms with Gasteiger partial charge in [0.15, 0.2) is 0 Å². The molecule has 1 aliphatic carbocycles. The number of hydrogen-bond acceptors (Lipinski definition) is 10. The van der Waals surface area contributed by atoms with E-state index in [1.54, 1.807) is 41.5 Å². The van der Waals surface area contributed by atoms with Gasteiger partial charge < -0.3 is 35.0 Å². The second-order valence-corrected chi connectivity index (χ2v) is 14.8. The van der Waals surface area contributed by atoms with E-state index in [4.69, 9.17) is 19.0 Å². The molecule has 53 heavy (non-hydrogen) atoms. The number of rotatable bonds is 14. The largest absolute Gasteiger partial charge is 0.464 e. The smallest absolute Gasteiger partial charge is 0.408 e. The van der Waals surface area contributed by atoms with Gasteiger partial charge in [-0.05, 0) is 82.1 Å². The number of fused-ring (bicyclic) bond motifs is 3. The summed E-state index contributed by atoms with van der Waals surface area (Å²) >= 11 is 0. The summed E-state index contributed by atoms with van der Waals surface area (Å²) in [4.78, 5) is 85.1. The lowest BCUT2D eigenvalue weighted by molar-refractivity contribution is -0.209. The van der Waals surface area contributed by atoms with Crippen LogP contribution >= 0.6 is 0 Å². The van der Waals surface area contributed by atoms with E-state index in [2.05, 4.69) is 16.0 Å². The molecule has 290 valence electrons. The molecule has 2 aromatic rings. The Kier molecular flexibility index (Phi) is 14.8. The SMILES string of the molecule is CCOC(=O)[C@@H](NC(=O)[C@@H](C)N(OC(=O)[C@H](CC(C)C)NC(=O)OC(C)(C)C)C(=O)[C@H](C)NC(=O)OCC1c2ccccc2-c2ccccc21)C(C)C. The number of ether oxygens (including phenoxy) is 3. The highest BCUT2D eigenvalue weighted by atomic mass is 16.7. The molecule has 0 aromatic heterocycles. The molecule has 4 atom stereocenters. The van der Waals surface area contributed by atoms with Crippen LogP contribution in [0.4, 0.5) is 9.59 Å². The molecular formula is C39H54N4O10. The zero-order valence-corrected chi connectivity index (χ0v) is 32.3. The minimum Gasteiger partial charge on any atom is -0.464 e. The Hall–Kier alpha value is -5.14. The summed E-state index contributed by atoms with van der Waals surface area (Å²) in [5, 5.41) is 8.06. The molecule has 0 bridgehead atoms. The molecule has 1 aliphatic rings. The van der Waals surface area contributed by atoms with Gasteiger partial charge in [0, 0.05) is 5.92 Å². The molecule has 0 saturated carbocycles. The summed E-state index contributed by atoms with van der Waals surface area (Å²) < 4.78 is 16.0. The Morgan fingerprint density at radius 1 is 0.755 bits per heavy atom. The molecule has 4 amide bonds. The number of carbonyl (C=O) groups is 6. The normalized spacial score (nSPS) is 14.5. The lowest BCUT2D eigenvalue weighted by Gasteiger charge is -2.32. The number of benzene rings is 2. The third-order valence-electron chi connectivity index (χ3n) is 8.37. The van der Waals surface area contributed by atoms with Crippen LogP contribution in [0.2, 0.25) is 0 Å². The van der Waals surface area contributed by atoms with Gasteiger partial charge in [-0.15, -0.1) is 0 Å². The predicted octanol–water partition coefficient (Wildman–Crippen LogP) is 5.23. The van der Waals surface area contributed by atoms with Crippen molar-refractivity contribution >= 4 is 35.9 Å². The highest BCUT2D eigenvalue weighted by Crippen LogP contribution is 2.44. The van der Waals surface area contributed by atoms with E-state index < -0.39 is 65.7 Å². The van der Waals surface area contributed by atoms with Gasteiger partial charge in [-0.1, -0.05) is 76.2 Å². The van der Waals surface area contributed by atoms with Crippen molar-refractivity contribution in [1.29, 1.82) is 0 Å². The predicted molar refractivity (Wildman–Crippen MR) is 196 cm³/mol. The lowest BCUT2D eigenvalue weighted by Crippen LogP contribution is -2.58. The first-order valence-corrected chi connectivity index (χ1v) is 18.0. The summed E-state index contributed by atoms with van der Waals surface area (Å²) in [5.74, 6) is -4.29. The number of amides is 4. The standard InChI is InChI=1S/C39H54N4O10/c1-11-50-36(47)32(23(4)5)42-33(44)25(7)43(53-35(46)31(20-22(2)3)41-38(49)52-39(8,9)10)34(45)24(6)40-37(48)51-21-30-28-18-14-12-16-26(28)27-17-13-15-19-29(27)30/h12-19,22-25,30-32H,11,20-21H2,1-10H3,(H,40,48)(H,41,49)(H,42,44)/t24-,25+,31-,32-/m0/s1. The van der Waals surface area contributed by atoms with E-state index in [0.717, 1.165) is 22.3 Å². The van der Waals surface area contributed by atoms with Crippen molar-refractivity contribution in [3.63, 3.8) is 0 Å². The molecule has 3 N–H and O–H groups in total. The quantitative estimate of drug-likeness (QED) is 0.132. The van der Waals surface area contributed by atoms with Crippen molar-refractivity contribution in [3.8, 4) is 11.1 Å². The fourth-order valence-corrected chi connectivity index (χ4v) is 5.79. The summed E-state index contributed by atoms with van der Waals surface area (Å²) in [7, 11) is 0. The highest BCUT2D eigenvalue weighted by molar-refractivity contribution is 5.93. The van der Waals surface area contributed by atoms with Crippen LogP contribution in [0.3, 0.4) is 0 Å². The van der Waals surface area contributed by atoms with Crippen molar-refractivity contribution in [1.82, 2.24) is 21.0 Å². The number of hydrogen-bond donors (Lipinski definition) is 3. The maximum atomic E-state index is 14.0.